The van der Waals surface area contributed by atoms with E-state index in [1.165, 1.54) is 17.7 Å². The minimum Gasteiger partial charge on any atom is -0.495 e. The molecule has 2 amide bonds. The van der Waals surface area contributed by atoms with Crippen LogP contribution in [0.2, 0.25) is 5.02 Å². The number of carbonyl (C=O) groups excluding carboxylic acids is 2. The van der Waals surface area contributed by atoms with Crippen molar-refractivity contribution in [2.75, 3.05) is 61.5 Å². The van der Waals surface area contributed by atoms with E-state index in [9.17, 15) is 9.59 Å². The van der Waals surface area contributed by atoms with Crippen LogP contribution in [0.4, 0.5) is 17.1 Å². The van der Waals surface area contributed by atoms with Crippen LogP contribution in [-0.2, 0) is 9.59 Å². The lowest BCUT2D eigenvalue weighted by Gasteiger charge is -2.36. The fourth-order valence-electron chi connectivity index (χ4n) is 5.36. The van der Waals surface area contributed by atoms with Gasteiger partial charge in [0.1, 0.15) is 11.8 Å². The number of rotatable bonds is 10. The average molecular weight is 592 g/mol. The highest BCUT2D eigenvalue weighted by molar-refractivity contribution is 7.80. The van der Waals surface area contributed by atoms with Gasteiger partial charge in [-0.25, -0.2) is 0 Å². The molecule has 10 heteroatoms. The Kier molecular flexibility index (Phi) is 9.38. The number of ether oxygens (including phenoxy) is 1. The second kappa shape index (κ2) is 13.3. The number of piperazine rings is 1. The van der Waals surface area contributed by atoms with Crippen LogP contribution in [0.25, 0.3) is 0 Å². The van der Waals surface area contributed by atoms with Crippen molar-refractivity contribution in [2.45, 2.75) is 18.9 Å². The molecule has 0 saturated carbocycles. The van der Waals surface area contributed by atoms with Gasteiger partial charge in [0.2, 0.25) is 5.91 Å². The zero-order valence-electron chi connectivity index (χ0n) is 23.0. The molecule has 2 fully saturated rings. The summed E-state index contributed by atoms with van der Waals surface area (Å²) in [5.74, 6) is 0.0286. The number of anilines is 3. The molecule has 5 rings (SSSR count). The average Bonchev–Trinajstić information content (AvgIpc) is 3.22. The van der Waals surface area contributed by atoms with Crippen molar-refractivity contribution in [3.63, 3.8) is 0 Å². The summed E-state index contributed by atoms with van der Waals surface area (Å²) in [4.78, 5) is 35.0. The molecule has 41 heavy (non-hydrogen) atoms. The maximum atomic E-state index is 13.7. The number of hydrogen-bond donors (Lipinski definition) is 1. The quantitative estimate of drug-likeness (QED) is 0.337. The van der Waals surface area contributed by atoms with E-state index in [2.05, 4.69) is 39.4 Å². The van der Waals surface area contributed by atoms with Gasteiger partial charge in [0, 0.05) is 44.1 Å². The van der Waals surface area contributed by atoms with Crippen LogP contribution in [-0.4, -0.2) is 79.1 Å². The number of para-hydroxylation sites is 2. The summed E-state index contributed by atoms with van der Waals surface area (Å²) in [6.07, 6.45) is 0.802. The predicted molar refractivity (Wildman–Crippen MR) is 168 cm³/mol. The highest BCUT2D eigenvalue weighted by Gasteiger charge is 2.44. The number of halogens is 1. The van der Waals surface area contributed by atoms with E-state index in [0.29, 0.717) is 33.8 Å². The standard InChI is InChI=1S/C31H34ClN5O3S/c1-40-28-14-13-25(21-26(28)32)37-30(39)27(22-29(38)33-23-9-4-2-5-10-23)36(31(37)41)16-8-15-34-17-19-35(20-18-34)24-11-6-3-7-12-24/h2-7,9-14,21,27H,8,15-20,22H2,1H3,(H,33,38)/t27-/m0/s1. The number of thiocarbonyl (C=S) groups is 1. The molecule has 0 aromatic heterocycles. The molecule has 1 N–H and O–H groups in total. The van der Waals surface area contributed by atoms with Crippen LogP contribution >= 0.6 is 23.8 Å². The van der Waals surface area contributed by atoms with Gasteiger partial charge >= 0.3 is 0 Å². The van der Waals surface area contributed by atoms with E-state index >= 15 is 0 Å². The molecular weight excluding hydrogens is 558 g/mol. The van der Waals surface area contributed by atoms with Crippen molar-refractivity contribution >= 4 is 57.8 Å². The molecule has 3 aromatic rings. The molecule has 0 radical (unpaired) electrons. The fourth-order valence-corrected chi connectivity index (χ4v) is 6.03. The number of methoxy groups -OCH3 is 1. The first-order valence-corrected chi connectivity index (χ1v) is 14.6. The lowest BCUT2D eigenvalue weighted by atomic mass is 10.1. The Morgan fingerprint density at radius 1 is 0.951 bits per heavy atom. The van der Waals surface area contributed by atoms with Crippen molar-refractivity contribution in [3.8, 4) is 5.75 Å². The summed E-state index contributed by atoms with van der Waals surface area (Å²) >= 11 is 12.2. The smallest absolute Gasteiger partial charge is 0.256 e. The van der Waals surface area contributed by atoms with Crippen molar-refractivity contribution in [1.82, 2.24) is 9.80 Å². The minimum absolute atomic E-state index is 0.00992. The summed E-state index contributed by atoms with van der Waals surface area (Å²) in [6, 6.07) is 24.1. The summed E-state index contributed by atoms with van der Waals surface area (Å²) in [7, 11) is 1.54. The summed E-state index contributed by atoms with van der Waals surface area (Å²) < 4.78 is 5.27. The second-order valence-electron chi connectivity index (χ2n) is 10.1. The Morgan fingerprint density at radius 2 is 1.63 bits per heavy atom. The number of nitrogens with one attached hydrogen (secondary N) is 1. The number of benzene rings is 3. The largest absolute Gasteiger partial charge is 0.495 e. The SMILES string of the molecule is COc1ccc(N2C(=O)[C@H](CC(=O)Nc3ccccc3)N(CCCN3CCN(c4ccccc4)CC3)C2=S)cc1Cl. The molecule has 0 aliphatic carbocycles. The normalized spacial score (nSPS) is 17.7. The second-order valence-corrected chi connectivity index (χ2v) is 10.9. The summed E-state index contributed by atoms with van der Waals surface area (Å²) in [5.41, 5.74) is 2.49. The number of nitrogens with zero attached hydrogens (tertiary/aromatic N) is 4. The van der Waals surface area contributed by atoms with Crippen molar-refractivity contribution in [2.24, 2.45) is 0 Å². The highest BCUT2D eigenvalue weighted by atomic mass is 35.5. The first-order valence-electron chi connectivity index (χ1n) is 13.8. The molecule has 2 heterocycles. The van der Waals surface area contributed by atoms with Gasteiger partial charge in [-0.2, -0.15) is 0 Å². The third-order valence-electron chi connectivity index (χ3n) is 7.52. The van der Waals surface area contributed by atoms with Gasteiger partial charge in [-0.3, -0.25) is 19.4 Å². The fraction of sp³-hybridized carbons (Fsp3) is 0.323. The first kappa shape index (κ1) is 28.9. The van der Waals surface area contributed by atoms with Gasteiger partial charge < -0.3 is 19.9 Å². The number of hydrogen-bond acceptors (Lipinski definition) is 6. The summed E-state index contributed by atoms with van der Waals surface area (Å²) in [5, 5.41) is 3.66. The van der Waals surface area contributed by atoms with Crippen LogP contribution < -0.4 is 19.9 Å². The molecule has 0 unspecified atom stereocenters. The molecule has 214 valence electrons. The third kappa shape index (κ3) is 6.81. The van der Waals surface area contributed by atoms with E-state index in [1.54, 1.807) is 18.2 Å². The maximum Gasteiger partial charge on any atom is 0.256 e. The van der Waals surface area contributed by atoms with Gasteiger partial charge in [0.25, 0.3) is 5.91 Å². The van der Waals surface area contributed by atoms with Gasteiger partial charge in [0.15, 0.2) is 5.11 Å². The van der Waals surface area contributed by atoms with Gasteiger partial charge in [-0.05, 0) is 67.6 Å². The zero-order chi connectivity index (χ0) is 28.8. The molecule has 3 aromatic carbocycles. The van der Waals surface area contributed by atoms with Crippen LogP contribution in [0.15, 0.2) is 78.9 Å². The molecule has 2 saturated heterocycles. The Morgan fingerprint density at radius 3 is 2.29 bits per heavy atom. The Hall–Kier alpha value is -3.66. The van der Waals surface area contributed by atoms with E-state index in [-0.39, 0.29) is 18.2 Å². The number of amides is 2. The molecule has 0 spiro atoms. The molecule has 2 aliphatic rings. The monoisotopic (exact) mass is 591 g/mol. The van der Waals surface area contributed by atoms with Crippen LogP contribution in [0.3, 0.4) is 0 Å². The zero-order valence-corrected chi connectivity index (χ0v) is 24.6. The van der Waals surface area contributed by atoms with Gasteiger partial charge in [-0.15, -0.1) is 0 Å². The lowest BCUT2D eigenvalue weighted by molar-refractivity contribution is -0.124. The van der Waals surface area contributed by atoms with Gasteiger partial charge in [-0.1, -0.05) is 48.0 Å². The van der Waals surface area contributed by atoms with E-state index in [4.69, 9.17) is 28.6 Å². The maximum absolute atomic E-state index is 13.7. The van der Waals surface area contributed by atoms with E-state index < -0.39 is 6.04 Å². The van der Waals surface area contributed by atoms with Gasteiger partial charge in [0.05, 0.1) is 24.2 Å². The molecule has 1 atom stereocenters. The Labute approximate surface area is 251 Å². The molecule has 2 aliphatic heterocycles. The van der Waals surface area contributed by atoms with Crippen molar-refractivity contribution < 1.29 is 14.3 Å². The topological polar surface area (TPSA) is 68.4 Å². The first-order chi connectivity index (χ1) is 19.9. The molecule has 0 bridgehead atoms. The van der Waals surface area contributed by atoms with E-state index in [0.717, 1.165) is 39.1 Å². The van der Waals surface area contributed by atoms with Crippen LogP contribution in [0.5, 0.6) is 5.75 Å². The van der Waals surface area contributed by atoms with Crippen LogP contribution in [0, 0.1) is 0 Å². The number of carbonyl (C=O) groups is 2. The van der Waals surface area contributed by atoms with Crippen molar-refractivity contribution in [1.29, 1.82) is 0 Å². The van der Waals surface area contributed by atoms with E-state index in [1.807, 2.05) is 41.3 Å². The predicted octanol–water partition coefficient (Wildman–Crippen LogP) is 4.89. The Bertz CT molecular complexity index is 1370. The Balaban J connectivity index is 1.25. The van der Waals surface area contributed by atoms with Crippen molar-refractivity contribution in [3.05, 3.63) is 83.9 Å². The van der Waals surface area contributed by atoms with Crippen LogP contribution in [0.1, 0.15) is 12.8 Å². The molecule has 8 nitrogen and oxygen atoms in total. The molecular formula is C31H34ClN5O3S. The summed E-state index contributed by atoms with van der Waals surface area (Å²) in [6.45, 7) is 5.33. The minimum atomic E-state index is -0.706. The lowest BCUT2D eigenvalue weighted by Crippen LogP contribution is -2.47. The highest BCUT2D eigenvalue weighted by Crippen LogP contribution is 2.33. The third-order valence-corrected chi connectivity index (χ3v) is 8.23.